The molecule has 1 amide bonds. The molecule has 0 fully saturated rings. The molecular formula is C12H15ClN2OS. The standard InChI is InChI=1S/C12H15ClN2OS/c1-2-15(8-11(14)17)12(16)7-9-4-3-5-10(13)6-9/h3-6H,2,7-8H2,1H3,(H2,14,17). The molecule has 0 radical (unpaired) electrons. The Balaban J connectivity index is 2.67. The van der Waals surface area contributed by atoms with Crippen LogP contribution >= 0.6 is 23.8 Å². The number of nitrogens with zero attached hydrogens (tertiary/aromatic N) is 1. The van der Waals surface area contributed by atoms with E-state index in [1.54, 1.807) is 17.0 Å². The van der Waals surface area contributed by atoms with Gasteiger partial charge in [0.05, 0.1) is 18.0 Å². The predicted molar refractivity (Wildman–Crippen MR) is 74.2 cm³/mol. The first-order valence-corrected chi connectivity index (χ1v) is 6.12. The van der Waals surface area contributed by atoms with Crippen molar-refractivity contribution in [3.05, 3.63) is 34.9 Å². The van der Waals surface area contributed by atoms with Crippen molar-refractivity contribution in [3.63, 3.8) is 0 Å². The van der Waals surface area contributed by atoms with E-state index in [0.717, 1.165) is 5.56 Å². The molecule has 0 atom stereocenters. The summed E-state index contributed by atoms with van der Waals surface area (Å²) in [4.78, 5) is 13.9. The van der Waals surface area contributed by atoms with Gasteiger partial charge in [-0.25, -0.2) is 0 Å². The summed E-state index contributed by atoms with van der Waals surface area (Å²) in [6.45, 7) is 2.82. The van der Waals surface area contributed by atoms with Gasteiger partial charge in [0, 0.05) is 11.6 Å². The number of thiocarbonyl (C=S) groups is 1. The van der Waals surface area contributed by atoms with Crippen LogP contribution in [0.4, 0.5) is 0 Å². The van der Waals surface area contributed by atoms with Gasteiger partial charge in [-0.2, -0.15) is 0 Å². The molecule has 0 saturated carbocycles. The van der Waals surface area contributed by atoms with Gasteiger partial charge in [0.1, 0.15) is 0 Å². The minimum Gasteiger partial charge on any atom is -0.392 e. The molecule has 1 aromatic rings. The second-order valence-electron chi connectivity index (χ2n) is 3.68. The highest BCUT2D eigenvalue weighted by atomic mass is 35.5. The summed E-state index contributed by atoms with van der Waals surface area (Å²) in [5, 5.41) is 0.632. The summed E-state index contributed by atoms with van der Waals surface area (Å²) in [5.41, 5.74) is 6.33. The molecule has 5 heteroatoms. The van der Waals surface area contributed by atoms with Gasteiger partial charge in [-0.15, -0.1) is 0 Å². The lowest BCUT2D eigenvalue weighted by Crippen LogP contribution is -2.38. The summed E-state index contributed by atoms with van der Waals surface area (Å²) in [7, 11) is 0. The Morgan fingerprint density at radius 2 is 2.24 bits per heavy atom. The number of halogens is 1. The zero-order chi connectivity index (χ0) is 12.8. The maximum absolute atomic E-state index is 12.0. The van der Waals surface area contributed by atoms with Crippen LogP contribution in [0.15, 0.2) is 24.3 Å². The number of carbonyl (C=O) groups is 1. The fourth-order valence-corrected chi connectivity index (χ4v) is 1.87. The number of nitrogens with two attached hydrogens (primary N) is 1. The Morgan fingerprint density at radius 1 is 1.53 bits per heavy atom. The summed E-state index contributed by atoms with van der Waals surface area (Å²) in [5.74, 6) is 0.00238. The van der Waals surface area contributed by atoms with E-state index in [9.17, 15) is 4.79 Å². The highest BCUT2D eigenvalue weighted by molar-refractivity contribution is 7.80. The normalized spacial score (nSPS) is 10.0. The van der Waals surface area contributed by atoms with Crippen molar-refractivity contribution >= 4 is 34.7 Å². The van der Waals surface area contributed by atoms with Crippen molar-refractivity contribution in [1.29, 1.82) is 0 Å². The third kappa shape index (κ3) is 4.71. The number of hydrogen-bond acceptors (Lipinski definition) is 2. The first-order valence-electron chi connectivity index (χ1n) is 5.33. The van der Waals surface area contributed by atoms with Crippen molar-refractivity contribution in [3.8, 4) is 0 Å². The van der Waals surface area contributed by atoms with Crippen molar-refractivity contribution < 1.29 is 4.79 Å². The second-order valence-corrected chi connectivity index (χ2v) is 4.64. The third-order valence-electron chi connectivity index (χ3n) is 2.33. The Bertz CT molecular complexity index is 423. The van der Waals surface area contributed by atoms with Crippen molar-refractivity contribution in [2.45, 2.75) is 13.3 Å². The lowest BCUT2D eigenvalue weighted by atomic mass is 10.1. The van der Waals surface area contributed by atoms with Crippen molar-refractivity contribution in [2.24, 2.45) is 5.73 Å². The number of carbonyl (C=O) groups excluding carboxylic acids is 1. The fraction of sp³-hybridized carbons (Fsp3) is 0.333. The number of likely N-dealkylation sites (N-methyl/N-ethyl adjacent to an activating group) is 1. The molecule has 0 unspecified atom stereocenters. The Kier molecular flexibility index (Phi) is 5.38. The molecule has 0 aromatic heterocycles. The van der Waals surface area contributed by atoms with Crippen molar-refractivity contribution in [1.82, 2.24) is 4.90 Å². The molecular weight excluding hydrogens is 256 g/mol. The van der Waals surface area contributed by atoms with Crippen LogP contribution in [0.25, 0.3) is 0 Å². The van der Waals surface area contributed by atoms with E-state index in [0.29, 0.717) is 29.5 Å². The van der Waals surface area contributed by atoms with Crippen LogP contribution in [0, 0.1) is 0 Å². The molecule has 0 saturated heterocycles. The number of hydrogen-bond donors (Lipinski definition) is 1. The third-order valence-corrected chi connectivity index (χ3v) is 2.69. The fourth-order valence-electron chi connectivity index (χ4n) is 1.50. The molecule has 0 aliphatic carbocycles. The lowest BCUT2D eigenvalue weighted by Gasteiger charge is -2.20. The van der Waals surface area contributed by atoms with Crippen LogP contribution in [0.5, 0.6) is 0 Å². The number of benzene rings is 1. The van der Waals surface area contributed by atoms with Gasteiger partial charge in [-0.05, 0) is 24.6 Å². The van der Waals surface area contributed by atoms with Gasteiger partial charge in [0.25, 0.3) is 0 Å². The van der Waals surface area contributed by atoms with Crippen LogP contribution in [-0.2, 0) is 11.2 Å². The van der Waals surface area contributed by atoms with Gasteiger partial charge in [-0.3, -0.25) is 4.79 Å². The minimum absolute atomic E-state index is 0.00238. The van der Waals surface area contributed by atoms with Crippen LogP contribution in [0.1, 0.15) is 12.5 Å². The zero-order valence-electron chi connectivity index (χ0n) is 9.65. The zero-order valence-corrected chi connectivity index (χ0v) is 11.2. The summed E-state index contributed by atoms with van der Waals surface area (Å²) < 4.78 is 0. The Morgan fingerprint density at radius 3 is 2.76 bits per heavy atom. The molecule has 0 bridgehead atoms. The Labute approximate surface area is 112 Å². The van der Waals surface area contributed by atoms with E-state index >= 15 is 0 Å². The molecule has 92 valence electrons. The quantitative estimate of drug-likeness (QED) is 0.833. The molecule has 0 spiro atoms. The molecule has 0 aliphatic heterocycles. The first kappa shape index (κ1) is 13.9. The van der Waals surface area contributed by atoms with E-state index in [1.807, 2.05) is 19.1 Å². The van der Waals surface area contributed by atoms with Gasteiger partial charge in [-0.1, -0.05) is 36.0 Å². The monoisotopic (exact) mass is 270 g/mol. The van der Waals surface area contributed by atoms with E-state index in [-0.39, 0.29) is 5.91 Å². The maximum atomic E-state index is 12.0. The van der Waals surface area contributed by atoms with E-state index < -0.39 is 0 Å². The topological polar surface area (TPSA) is 46.3 Å². The van der Waals surface area contributed by atoms with Crippen molar-refractivity contribution in [2.75, 3.05) is 13.1 Å². The number of rotatable bonds is 5. The van der Waals surface area contributed by atoms with Crippen LogP contribution in [-0.4, -0.2) is 28.9 Å². The predicted octanol–water partition coefficient (Wildman–Crippen LogP) is 2.02. The second kappa shape index (κ2) is 6.57. The number of amides is 1. The van der Waals surface area contributed by atoms with E-state index in [1.165, 1.54) is 0 Å². The summed E-state index contributed by atoms with van der Waals surface area (Å²) in [6, 6.07) is 7.27. The largest absolute Gasteiger partial charge is 0.392 e. The highest BCUT2D eigenvalue weighted by Crippen LogP contribution is 2.11. The van der Waals surface area contributed by atoms with Gasteiger partial charge >= 0.3 is 0 Å². The molecule has 0 heterocycles. The first-order chi connectivity index (χ1) is 8.02. The van der Waals surface area contributed by atoms with Crippen LogP contribution in [0.2, 0.25) is 5.02 Å². The van der Waals surface area contributed by atoms with Gasteiger partial charge in [0.2, 0.25) is 5.91 Å². The summed E-state index contributed by atoms with van der Waals surface area (Å²) >= 11 is 10.7. The molecule has 2 N–H and O–H groups in total. The van der Waals surface area contributed by atoms with Crippen LogP contribution in [0.3, 0.4) is 0 Å². The van der Waals surface area contributed by atoms with Gasteiger partial charge < -0.3 is 10.6 Å². The average Bonchev–Trinajstić information content (AvgIpc) is 2.25. The maximum Gasteiger partial charge on any atom is 0.227 e. The van der Waals surface area contributed by atoms with Crippen LogP contribution < -0.4 is 5.73 Å². The molecule has 3 nitrogen and oxygen atoms in total. The van der Waals surface area contributed by atoms with E-state index in [4.69, 9.17) is 29.6 Å². The highest BCUT2D eigenvalue weighted by Gasteiger charge is 2.12. The molecule has 17 heavy (non-hydrogen) atoms. The SMILES string of the molecule is CCN(CC(N)=S)C(=O)Cc1cccc(Cl)c1. The van der Waals surface area contributed by atoms with Gasteiger partial charge in [0.15, 0.2) is 0 Å². The average molecular weight is 271 g/mol. The molecule has 1 rings (SSSR count). The molecule has 0 aliphatic rings. The molecule has 1 aromatic carbocycles. The van der Waals surface area contributed by atoms with E-state index in [2.05, 4.69) is 0 Å². The summed E-state index contributed by atoms with van der Waals surface area (Å²) in [6.07, 6.45) is 0.316. The lowest BCUT2D eigenvalue weighted by molar-refractivity contribution is -0.129. The smallest absolute Gasteiger partial charge is 0.227 e. The Hall–Kier alpha value is -1.13. The minimum atomic E-state index is 0.00238.